The van der Waals surface area contributed by atoms with Crippen LogP contribution in [0.2, 0.25) is 0 Å². The van der Waals surface area contributed by atoms with Gasteiger partial charge in [-0.3, -0.25) is 9.48 Å². The van der Waals surface area contributed by atoms with Crippen molar-refractivity contribution in [2.45, 2.75) is 20.0 Å². The molecule has 0 spiro atoms. The zero-order valence-electron chi connectivity index (χ0n) is 21.8. The highest BCUT2D eigenvalue weighted by molar-refractivity contribution is 5.90. The first kappa shape index (κ1) is 26.4. The molecule has 11 nitrogen and oxygen atoms in total. The molecule has 0 atom stereocenters. The van der Waals surface area contributed by atoms with E-state index in [0.717, 1.165) is 16.9 Å². The molecule has 0 fully saturated rings. The molecule has 11 heteroatoms. The van der Waals surface area contributed by atoms with Gasteiger partial charge in [-0.2, -0.15) is 5.10 Å². The quantitative estimate of drug-likeness (QED) is 0.269. The molecule has 1 amide bonds. The number of hydrogen-bond acceptors (Lipinski definition) is 9. The Morgan fingerprint density at radius 3 is 2.53 bits per heavy atom. The molecule has 4 rings (SSSR count). The molecule has 2 N–H and O–H groups in total. The Hall–Kier alpha value is -4.64. The van der Waals surface area contributed by atoms with Crippen LogP contribution >= 0.6 is 0 Å². The van der Waals surface area contributed by atoms with E-state index in [4.69, 9.17) is 18.9 Å². The number of carbonyl (C=O) groups excluding carboxylic acids is 1. The van der Waals surface area contributed by atoms with E-state index in [1.54, 1.807) is 45.7 Å². The van der Waals surface area contributed by atoms with Gasteiger partial charge in [-0.25, -0.2) is 9.97 Å². The van der Waals surface area contributed by atoms with E-state index < -0.39 is 0 Å². The number of methoxy groups -OCH3 is 3. The molecular formula is C27H30N6O5. The van der Waals surface area contributed by atoms with Gasteiger partial charge in [0.05, 0.1) is 44.6 Å². The highest BCUT2D eigenvalue weighted by Gasteiger charge is 2.14. The second-order valence-electron chi connectivity index (χ2n) is 8.51. The number of amides is 1. The van der Waals surface area contributed by atoms with E-state index in [1.165, 1.54) is 17.2 Å². The molecule has 4 aromatic rings. The lowest BCUT2D eigenvalue weighted by atomic mass is 10.1. The number of rotatable bonds is 12. The largest absolute Gasteiger partial charge is 0.496 e. The lowest BCUT2D eigenvalue weighted by Crippen LogP contribution is -2.19. The van der Waals surface area contributed by atoms with Crippen LogP contribution in [-0.2, 0) is 17.9 Å². The number of nitrogens with zero attached hydrogens (tertiary/aromatic N) is 4. The lowest BCUT2D eigenvalue weighted by Gasteiger charge is -2.13. The number of anilines is 1. The Bertz CT molecular complexity index is 1450. The van der Waals surface area contributed by atoms with Gasteiger partial charge in [-0.05, 0) is 31.2 Å². The fourth-order valence-electron chi connectivity index (χ4n) is 3.79. The van der Waals surface area contributed by atoms with Crippen molar-refractivity contribution in [2.75, 3.05) is 33.2 Å². The number of ether oxygens (including phenoxy) is 4. The molecule has 2 heterocycles. The molecule has 0 bridgehead atoms. The van der Waals surface area contributed by atoms with Crippen molar-refractivity contribution < 1.29 is 23.7 Å². The van der Waals surface area contributed by atoms with Gasteiger partial charge in [0.25, 0.3) is 0 Å². The van der Waals surface area contributed by atoms with Crippen LogP contribution < -0.4 is 29.6 Å². The SMILES string of the molecule is C=C(C)CNCc1cc(NC(=O)Cn2cc(Oc3ncnc4cc(OC)c(OC)cc34)cn2)ccc1OC. The van der Waals surface area contributed by atoms with Crippen LogP contribution in [0.3, 0.4) is 0 Å². The van der Waals surface area contributed by atoms with Crippen LogP contribution in [0, 0.1) is 0 Å². The predicted octanol–water partition coefficient (Wildman–Crippen LogP) is 3.95. The molecule has 0 unspecified atom stereocenters. The van der Waals surface area contributed by atoms with E-state index in [-0.39, 0.29) is 12.5 Å². The minimum absolute atomic E-state index is 0.00578. The van der Waals surface area contributed by atoms with Gasteiger partial charge in [0, 0.05) is 30.4 Å². The minimum atomic E-state index is -0.241. The molecule has 0 radical (unpaired) electrons. The van der Waals surface area contributed by atoms with Gasteiger partial charge in [0.1, 0.15) is 18.6 Å². The number of aromatic nitrogens is 4. The average Bonchev–Trinajstić information content (AvgIpc) is 3.34. The van der Waals surface area contributed by atoms with E-state index in [1.807, 2.05) is 19.1 Å². The average molecular weight is 519 g/mol. The molecule has 0 aliphatic carbocycles. The third-order valence-corrected chi connectivity index (χ3v) is 5.54. The van der Waals surface area contributed by atoms with E-state index in [0.29, 0.717) is 52.8 Å². The van der Waals surface area contributed by atoms with E-state index in [2.05, 4.69) is 32.3 Å². The molecule has 2 aromatic heterocycles. The highest BCUT2D eigenvalue weighted by atomic mass is 16.5. The summed E-state index contributed by atoms with van der Waals surface area (Å²) in [5.74, 6) is 2.32. The maximum Gasteiger partial charge on any atom is 0.246 e. The first-order valence-electron chi connectivity index (χ1n) is 11.8. The van der Waals surface area contributed by atoms with Gasteiger partial charge in [-0.15, -0.1) is 0 Å². The van der Waals surface area contributed by atoms with E-state index >= 15 is 0 Å². The molecule has 38 heavy (non-hydrogen) atoms. The summed E-state index contributed by atoms with van der Waals surface area (Å²) in [5, 5.41) is 11.1. The van der Waals surface area contributed by atoms with Crippen LogP contribution in [0.1, 0.15) is 12.5 Å². The first-order valence-corrected chi connectivity index (χ1v) is 11.8. The minimum Gasteiger partial charge on any atom is -0.496 e. The van der Waals surface area contributed by atoms with Gasteiger partial charge < -0.3 is 29.6 Å². The second kappa shape index (κ2) is 12.1. The van der Waals surface area contributed by atoms with Crippen molar-refractivity contribution in [3.05, 3.63) is 66.8 Å². The van der Waals surface area contributed by atoms with Crippen LogP contribution in [0.5, 0.6) is 28.9 Å². The molecule has 0 aliphatic heterocycles. The van der Waals surface area contributed by atoms with Crippen molar-refractivity contribution in [3.63, 3.8) is 0 Å². The summed E-state index contributed by atoms with van der Waals surface area (Å²) in [4.78, 5) is 21.2. The number of carbonyl (C=O) groups is 1. The molecule has 2 aromatic carbocycles. The maximum absolute atomic E-state index is 12.7. The fourth-order valence-corrected chi connectivity index (χ4v) is 3.79. The predicted molar refractivity (Wildman–Crippen MR) is 143 cm³/mol. The molecule has 0 aliphatic rings. The Morgan fingerprint density at radius 1 is 1.03 bits per heavy atom. The zero-order valence-corrected chi connectivity index (χ0v) is 21.8. The monoisotopic (exact) mass is 518 g/mol. The van der Waals surface area contributed by atoms with Gasteiger partial charge in [0.2, 0.25) is 11.8 Å². The Balaban J connectivity index is 1.42. The molecular weight excluding hydrogens is 488 g/mol. The smallest absolute Gasteiger partial charge is 0.246 e. The van der Waals surface area contributed by atoms with Crippen molar-refractivity contribution in [2.24, 2.45) is 0 Å². The number of nitrogens with one attached hydrogen (secondary N) is 2. The molecule has 0 saturated heterocycles. The number of fused-ring (bicyclic) bond motifs is 1. The summed E-state index contributed by atoms with van der Waals surface area (Å²) in [5.41, 5.74) is 3.24. The second-order valence-corrected chi connectivity index (χ2v) is 8.51. The van der Waals surface area contributed by atoms with Crippen molar-refractivity contribution >= 4 is 22.5 Å². The molecule has 198 valence electrons. The highest BCUT2D eigenvalue weighted by Crippen LogP contribution is 2.35. The Labute approximate surface area is 220 Å². The van der Waals surface area contributed by atoms with E-state index in [9.17, 15) is 4.79 Å². The van der Waals surface area contributed by atoms with Crippen LogP contribution in [0.4, 0.5) is 5.69 Å². The van der Waals surface area contributed by atoms with Crippen molar-refractivity contribution in [1.29, 1.82) is 0 Å². The standard InChI is InChI=1S/C27H30N6O5/c1-17(2)11-28-12-18-8-19(6-7-23(18)35-3)32-26(34)15-33-14-20(13-31-33)38-27-21-9-24(36-4)25(37-5)10-22(21)29-16-30-27/h6-10,13-14,16,28H,1,11-12,15H2,2-5H3,(H,32,34). The number of hydrogen-bond donors (Lipinski definition) is 2. The van der Waals surface area contributed by atoms with Crippen molar-refractivity contribution in [3.8, 4) is 28.9 Å². The van der Waals surface area contributed by atoms with Crippen LogP contribution in [-0.4, -0.2) is 53.5 Å². The lowest BCUT2D eigenvalue weighted by molar-refractivity contribution is -0.116. The van der Waals surface area contributed by atoms with Gasteiger partial charge in [0.15, 0.2) is 17.2 Å². The Kier molecular flexibility index (Phi) is 8.39. The summed E-state index contributed by atoms with van der Waals surface area (Å²) < 4.78 is 23.6. The zero-order chi connectivity index (χ0) is 27.1. The van der Waals surface area contributed by atoms with Crippen molar-refractivity contribution in [1.82, 2.24) is 25.1 Å². The summed E-state index contributed by atoms with van der Waals surface area (Å²) >= 11 is 0. The maximum atomic E-state index is 12.7. The normalized spacial score (nSPS) is 10.7. The summed E-state index contributed by atoms with van der Waals surface area (Å²) in [6.45, 7) is 7.11. The van der Waals surface area contributed by atoms with Gasteiger partial charge >= 0.3 is 0 Å². The third-order valence-electron chi connectivity index (χ3n) is 5.54. The first-order chi connectivity index (χ1) is 18.4. The van der Waals surface area contributed by atoms with Crippen LogP contribution in [0.25, 0.3) is 10.9 Å². The summed E-state index contributed by atoms with van der Waals surface area (Å²) in [6, 6.07) is 8.99. The third kappa shape index (κ3) is 6.37. The summed E-state index contributed by atoms with van der Waals surface area (Å²) in [6.07, 6.45) is 4.54. The van der Waals surface area contributed by atoms with Crippen LogP contribution in [0.15, 0.2) is 61.2 Å². The Morgan fingerprint density at radius 2 is 1.79 bits per heavy atom. The molecule has 0 saturated carbocycles. The summed E-state index contributed by atoms with van der Waals surface area (Å²) in [7, 11) is 4.73. The topological polar surface area (TPSA) is 122 Å². The number of benzene rings is 2. The fraction of sp³-hybridized carbons (Fsp3) is 0.259. The van der Waals surface area contributed by atoms with Gasteiger partial charge in [-0.1, -0.05) is 12.2 Å².